The summed E-state index contributed by atoms with van der Waals surface area (Å²) in [4.78, 5) is 12.4. The maximum absolute atomic E-state index is 12.4. The van der Waals surface area contributed by atoms with Crippen LogP contribution in [0.1, 0.15) is 30.4 Å². The first-order chi connectivity index (χ1) is 17.2. The summed E-state index contributed by atoms with van der Waals surface area (Å²) >= 11 is 0. The van der Waals surface area contributed by atoms with Crippen molar-refractivity contribution in [2.24, 2.45) is 20.5 Å². The largest absolute Gasteiger partial charge is 0.466 e. The zero-order valence-corrected chi connectivity index (χ0v) is 19.5. The molecule has 6 nitrogen and oxygen atoms in total. The lowest BCUT2D eigenvalue weighted by Gasteiger charge is -2.17. The number of hydrogen-bond donors (Lipinski definition) is 0. The molecule has 0 spiro atoms. The van der Waals surface area contributed by atoms with Crippen LogP contribution >= 0.6 is 0 Å². The monoisotopic (exact) mass is 462 g/mol. The van der Waals surface area contributed by atoms with Crippen LogP contribution in [0.2, 0.25) is 0 Å². The van der Waals surface area contributed by atoms with Crippen LogP contribution in [0, 0.1) is 0 Å². The van der Waals surface area contributed by atoms with Gasteiger partial charge < -0.3 is 4.74 Å². The van der Waals surface area contributed by atoms with Crippen molar-refractivity contribution in [3.8, 4) is 0 Å². The molecule has 6 heteroatoms. The van der Waals surface area contributed by atoms with E-state index in [1.54, 1.807) is 0 Å². The Balaban J connectivity index is 1.53. The van der Waals surface area contributed by atoms with Gasteiger partial charge in [-0.3, -0.25) is 4.79 Å². The Hall–Kier alpha value is -4.45. The fraction of sp³-hybridized carbons (Fsp3) is 0.138. The van der Waals surface area contributed by atoms with Gasteiger partial charge in [0.15, 0.2) is 0 Å². The molecule has 0 unspecified atom stereocenters. The highest BCUT2D eigenvalue weighted by Crippen LogP contribution is 2.32. The Morgan fingerprint density at radius 3 is 1.34 bits per heavy atom. The van der Waals surface area contributed by atoms with Crippen molar-refractivity contribution in [1.29, 1.82) is 0 Å². The third kappa shape index (κ3) is 7.01. The molecule has 0 aromatic heterocycles. The lowest BCUT2D eigenvalue weighted by Crippen LogP contribution is -2.11. The van der Waals surface area contributed by atoms with Crippen LogP contribution in [-0.4, -0.2) is 12.6 Å². The minimum Gasteiger partial charge on any atom is -0.466 e. The molecule has 0 fully saturated rings. The van der Waals surface area contributed by atoms with E-state index in [1.807, 2.05) is 116 Å². The molecule has 0 saturated heterocycles. The summed E-state index contributed by atoms with van der Waals surface area (Å²) in [5, 5.41) is 17.1. The van der Waals surface area contributed by atoms with Crippen LogP contribution in [0.4, 0.5) is 22.7 Å². The number of esters is 1. The fourth-order valence-corrected chi connectivity index (χ4v) is 3.58. The molecule has 174 valence electrons. The molecule has 0 saturated carbocycles. The number of azo groups is 2. The molecule has 0 heterocycles. The molecule has 0 bridgehead atoms. The van der Waals surface area contributed by atoms with Crippen molar-refractivity contribution in [1.82, 2.24) is 0 Å². The third-order valence-corrected chi connectivity index (χ3v) is 5.34. The molecule has 0 amide bonds. The number of carbonyl (C=O) groups is 1. The van der Waals surface area contributed by atoms with Crippen molar-refractivity contribution >= 4 is 28.7 Å². The standard InChI is InChI=1S/C29H26N4O2/c1-2-35-29(34)21-28(22-13-17-26(18-14-22)32-30-24-9-5-3-6-10-24)23-15-19-27(20-16-23)33-31-25-11-7-4-8-12-25/h3-20,28H,2,21H2,1H3. The zero-order chi connectivity index (χ0) is 24.3. The molecule has 0 aliphatic heterocycles. The first-order valence-electron chi connectivity index (χ1n) is 11.5. The van der Waals surface area contributed by atoms with E-state index >= 15 is 0 Å². The second-order valence-corrected chi connectivity index (χ2v) is 7.82. The van der Waals surface area contributed by atoms with E-state index in [1.165, 1.54) is 0 Å². The van der Waals surface area contributed by atoms with Crippen LogP contribution in [0.25, 0.3) is 0 Å². The van der Waals surface area contributed by atoms with Gasteiger partial charge in [0.25, 0.3) is 0 Å². The zero-order valence-electron chi connectivity index (χ0n) is 19.5. The van der Waals surface area contributed by atoms with Crippen LogP contribution in [0.3, 0.4) is 0 Å². The third-order valence-electron chi connectivity index (χ3n) is 5.34. The summed E-state index contributed by atoms with van der Waals surface area (Å²) in [6.45, 7) is 2.16. The normalized spacial score (nSPS) is 12.1. The molecule has 0 N–H and O–H groups in total. The Bertz CT molecular complexity index is 1180. The average molecular weight is 463 g/mol. The van der Waals surface area contributed by atoms with E-state index in [-0.39, 0.29) is 18.3 Å². The van der Waals surface area contributed by atoms with Crippen molar-refractivity contribution < 1.29 is 9.53 Å². The van der Waals surface area contributed by atoms with E-state index in [0.717, 1.165) is 33.9 Å². The van der Waals surface area contributed by atoms with Gasteiger partial charge in [-0.15, -0.1) is 0 Å². The minimum atomic E-state index is -0.238. The van der Waals surface area contributed by atoms with E-state index in [2.05, 4.69) is 20.5 Å². The Labute approximate surface area is 205 Å². The molecule has 35 heavy (non-hydrogen) atoms. The molecule has 4 aromatic rings. The first-order valence-corrected chi connectivity index (χ1v) is 11.5. The molecule has 0 aliphatic carbocycles. The van der Waals surface area contributed by atoms with Gasteiger partial charge >= 0.3 is 5.97 Å². The Morgan fingerprint density at radius 1 is 0.600 bits per heavy atom. The van der Waals surface area contributed by atoms with E-state index < -0.39 is 0 Å². The summed E-state index contributed by atoms with van der Waals surface area (Å²) in [5.74, 6) is -0.396. The van der Waals surface area contributed by atoms with Gasteiger partial charge in [-0.2, -0.15) is 20.5 Å². The number of benzene rings is 4. The number of rotatable bonds is 9. The van der Waals surface area contributed by atoms with Gasteiger partial charge in [-0.05, 0) is 66.6 Å². The SMILES string of the molecule is CCOC(=O)CC(c1ccc(N=Nc2ccccc2)cc1)c1ccc(N=Nc2ccccc2)cc1. The second kappa shape index (κ2) is 12.1. The molecule has 0 radical (unpaired) electrons. The summed E-state index contributed by atoms with van der Waals surface area (Å²) in [6, 6.07) is 34.7. The van der Waals surface area contributed by atoms with E-state index in [0.29, 0.717) is 6.61 Å². The van der Waals surface area contributed by atoms with Gasteiger partial charge in [0, 0.05) is 5.92 Å². The highest BCUT2D eigenvalue weighted by atomic mass is 16.5. The van der Waals surface area contributed by atoms with Gasteiger partial charge in [0.05, 0.1) is 35.8 Å². The number of ether oxygens (including phenoxy) is 1. The highest BCUT2D eigenvalue weighted by Gasteiger charge is 2.19. The molecule has 4 aromatic carbocycles. The number of carbonyl (C=O) groups excluding carboxylic acids is 1. The number of hydrogen-bond acceptors (Lipinski definition) is 6. The fourth-order valence-electron chi connectivity index (χ4n) is 3.58. The maximum atomic E-state index is 12.4. The predicted octanol–water partition coefficient (Wildman–Crippen LogP) is 8.60. The molecule has 0 atom stereocenters. The van der Waals surface area contributed by atoms with E-state index in [4.69, 9.17) is 4.74 Å². The second-order valence-electron chi connectivity index (χ2n) is 7.82. The molecular weight excluding hydrogens is 436 g/mol. The van der Waals surface area contributed by atoms with Crippen LogP contribution < -0.4 is 0 Å². The minimum absolute atomic E-state index is 0.158. The molecule has 0 aliphatic rings. The first kappa shape index (κ1) is 23.7. The summed E-state index contributed by atoms with van der Waals surface area (Å²) in [7, 11) is 0. The molecule has 4 rings (SSSR count). The average Bonchev–Trinajstić information content (AvgIpc) is 2.91. The van der Waals surface area contributed by atoms with Crippen LogP contribution in [-0.2, 0) is 9.53 Å². The van der Waals surface area contributed by atoms with Gasteiger partial charge in [0.1, 0.15) is 0 Å². The predicted molar refractivity (Wildman–Crippen MR) is 137 cm³/mol. The van der Waals surface area contributed by atoms with Gasteiger partial charge in [-0.25, -0.2) is 0 Å². The van der Waals surface area contributed by atoms with Crippen molar-refractivity contribution in [2.75, 3.05) is 6.61 Å². The lowest BCUT2D eigenvalue weighted by molar-refractivity contribution is -0.143. The smallest absolute Gasteiger partial charge is 0.306 e. The number of nitrogens with zero attached hydrogens (tertiary/aromatic N) is 4. The van der Waals surface area contributed by atoms with Crippen LogP contribution in [0.15, 0.2) is 130 Å². The van der Waals surface area contributed by atoms with Crippen molar-refractivity contribution in [3.63, 3.8) is 0 Å². The highest BCUT2D eigenvalue weighted by molar-refractivity contribution is 5.71. The lowest BCUT2D eigenvalue weighted by atomic mass is 9.88. The Kier molecular flexibility index (Phi) is 8.22. The topological polar surface area (TPSA) is 75.7 Å². The summed E-state index contributed by atoms with van der Waals surface area (Å²) in [5.41, 5.74) is 5.06. The van der Waals surface area contributed by atoms with Gasteiger partial charge in [-0.1, -0.05) is 60.7 Å². The van der Waals surface area contributed by atoms with Crippen molar-refractivity contribution in [3.05, 3.63) is 120 Å². The Morgan fingerprint density at radius 2 is 0.971 bits per heavy atom. The van der Waals surface area contributed by atoms with Crippen molar-refractivity contribution in [2.45, 2.75) is 19.3 Å². The van der Waals surface area contributed by atoms with Crippen LogP contribution in [0.5, 0.6) is 0 Å². The van der Waals surface area contributed by atoms with E-state index in [9.17, 15) is 4.79 Å². The summed E-state index contributed by atoms with van der Waals surface area (Å²) in [6.07, 6.45) is 0.240. The summed E-state index contributed by atoms with van der Waals surface area (Å²) < 4.78 is 5.23. The quantitative estimate of drug-likeness (QED) is 0.184. The van der Waals surface area contributed by atoms with Gasteiger partial charge in [0.2, 0.25) is 0 Å². The molecular formula is C29H26N4O2. The maximum Gasteiger partial charge on any atom is 0.306 e.